The maximum Gasteiger partial charge on any atom is 0.137 e. The number of pyridine rings is 1. The third-order valence-electron chi connectivity index (χ3n) is 11.1. The van der Waals surface area contributed by atoms with Crippen molar-refractivity contribution >= 4 is 43.2 Å². The predicted molar refractivity (Wildman–Crippen MR) is 195 cm³/mol. The highest BCUT2D eigenvalue weighted by atomic mass is 15.1. The molecule has 3 nitrogen and oxygen atoms in total. The van der Waals surface area contributed by atoms with Crippen LogP contribution in [0.1, 0.15) is 23.6 Å². The minimum absolute atomic E-state index is 0.353. The average molecular weight is 602 g/mol. The molecule has 2 aromatic heterocycles. The lowest BCUT2D eigenvalue weighted by molar-refractivity contribution is 0.421. The van der Waals surface area contributed by atoms with Crippen molar-refractivity contribution in [1.82, 2.24) is 14.9 Å². The molecule has 2 unspecified atom stereocenters. The first kappa shape index (κ1) is 25.7. The molecule has 0 saturated heterocycles. The fourth-order valence-corrected chi connectivity index (χ4v) is 9.20. The number of aryl methyl sites for hydroxylation is 1. The van der Waals surface area contributed by atoms with Gasteiger partial charge in [-0.15, -0.1) is 0 Å². The molecule has 222 valence electrons. The Bertz CT molecular complexity index is 2570. The van der Waals surface area contributed by atoms with Crippen molar-refractivity contribution in [3.63, 3.8) is 0 Å². The number of nitrogens with one attached hydrogen (secondary N) is 1. The van der Waals surface area contributed by atoms with E-state index in [4.69, 9.17) is 4.98 Å². The molecule has 3 aliphatic rings. The second kappa shape index (κ2) is 9.51. The first-order valence-corrected chi connectivity index (χ1v) is 16.8. The van der Waals surface area contributed by atoms with Gasteiger partial charge in [0.2, 0.25) is 0 Å². The first-order chi connectivity index (χ1) is 23.3. The van der Waals surface area contributed by atoms with Crippen molar-refractivity contribution in [3.8, 4) is 39.2 Å². The van der Waals surface area contributed by atoms with Crippen LogP contribution in [0.15, 0.2) is 134 Å². The van der Waals surface area contributed by atoms with Gasteiger partial charge in [-0.3, -0.25) is 4.57 Å². The van der Waals surface area contributed by atoms with Crippen LogP contribution >= 0.6 is 0 Å². The van der Waals surface area contributed by atoms with Gasteiger partial charge in [-0.25, -0.2) is 4.98 Å². The van der Waals surface area contributed by atoms with Crippen LogP contribution in [0.25, 0.3) is 82.4 Å². The van der Waals surface area contributed by atoms with Crippen LogP contribution in [0.3, 0.4) is 0 Å². The topological polar surface area (TPSA) is 29.9 Å². The van der Waals surface area contributed by atoms with E-state index in [9.17, 15) is 0 Å². The number of rotatable bonds is 2. The lowest BCUT2D eigenvalue weighted by atomic mass is 9.81. The maximum atomic E-state index is 5.20. The summed E-state index contributed by atoms with van der Waals surface area (Å²) >= 11 is 0. The minimum atomic E-state index is 0.353. The van der Waals surface area contributed by atoms with E-state index < -0.39 is 0 Å². The second-order valence-electron chi connectivity index (χ2n) is 13.4. The summed E-state index contributed by atoms with van der Waals surface area (Å²) in [4.78, 5) is 5.20. The average Bonchev–Trinajstić information content (AvgIpc) is 3.67. The zero-order valence-corrected chi connectivity index (χ0v) is 25.9. The molecule has 6 aromatic carbocycles. The molecular formula is C44H31N3. The number of para-hydroxylation sites is 1. The lowest BCUT2D eigenvalue weighted by Gasteiger charge is -2.34. The summed E-state index contributed by atoms with van der Waals surface area (Å²) in [6.07, 6.45) is 9.05. The number of hydrogen-bond acceptors (Lipinski definition) is 2. The molecule has 11 rings (SSSR count). The second-order valence-corrected chi connectivity index (χ2v) is 13.4. The van der Waals surface area contributed by atoms with E-state index in [2.05, 4.69) is 143 Å². The van der Waals surface area contributed by atoms with Crippen LogP contribution < -0.4 is 5.32 Å². The van der Waals surface area contributed by atoms with Crippen molar-refractivity contribution in [2.24, 2.45) is 0 Å². The summed E-state index contributed by atoms with van der Waals surface area (Å²) < 4.78 is 2.43. The van der Waals surface area contributed by atoms with Crippen LogP contribution in [-0.2, 0) is 6.42 Å². The standard InChI is InChI=1S/C44H31N3/c1-3-12-32-28(9-1)29-10-2-4-13-33(29)43-37-20-19-27(31-14-7-15-36(41(31)37)42(32)43)26-18-23-40(46-25-26)47-39-17-6-5-11-30(39)34-21-22-38-35(44(34)47)16-8-24-45-38/h1-20,23,25,35,38,45H,21-22,24H2. The van der Waals surface area contributed by atoms with Gasteiger partial charge in [-0.05, 0) is 96.7 Å². The van der Waals surface area contributed by atoms with E-state index in [0.717, 1.165) is 24.3 Å². The normalized spacial score (nSPS) is 17.8. The van der Waals surface area contributed by atoms with E-state index >= 15 is 0 Å². The Kier molecular flexibility index (Phi) is 5.19. The summed E-state index contributed by atoms with van der Waals surface area (Å²) in [5.41, 5.74) is 11.9. The summed E-state index contributed by atoms with van der Waals surface area (Å²) in [7, 11) is 0. The largest absolute Gasteiger partial charge is 0.310 e. The Labute approximate surface area is 272 Å². The Morgan fingerprint density at radius 3 is 2.06 bits per heavy atom. The number of fused-ring (bicyclic) bond motifs is 13. The first-order valence-electron chi connectivity index (χ1n) is 16.8. The lowest BCUT2D eigenvalue weighted by Crippen LogP contribution is -2.40. The highest BCUT2D eigenvalue weighted by Gasteiger charge is 2.34. The zero-order valence-electron chi connectivity index (χ0n) is 25.9. The fraction of sp³-hybridized carbons (Fsp3) is 0.114. The smallest absolute Gasteiger partial charge is 0.137 e. The Morgan fingerprint density at radius 1 is 0.617 bits per heavy atom. The van der Waals surface area contributed by atoms with Gasteiger partial charge in [0.25, 0.3) is 0 Å². The maximum absolute atomic E-state index is 5.20. The van der Waals surface area contributed by atoms with Crippen molar-refractivity contribution in [3.05, 3.63) is 145 Å². The molecule has 0 amide bonds. The van der Waals surface area contributed by atoms with Crippen molar-refractivity contribution in [2.75, 3.05) is 6.54 Å². The summed E-state index contributed by atoms with van der Waals surface area (Å²) in [5, 5.41) is 13.0. The van der Waals surface area contributed by atoms with E-state index in [-0.39, 0.29) is 0 Å². The van der Waals surface area contributed by atoms with E-state index in [1.165, 1.54) is 88.7 Å². The van der Waals surface area contributed by atoms with Crippen molar-refractivity contribution in [1.29, 1.82) is 0 Å². The van der Waals surface area contributed by atoms with Gasteiger partial charge in [-0.2, -0.15) is 0 Å². The van der Waals surface area contributed by atoms with Gasteiger partial charge in [0.05, 0.1) is 5.52 Å². The number of benzene rings is 6. The van der Waals surface area contributed by atoms with Crippen LogP contribution in [0.5, 0.6) is 0 Å². The molecule has 3 heterocycles. The van der Waals surface area contributed by atoms with Crippen molar-refractivity contribution < 1.29 is 0 Å². The van der Waals surface area contributed by atoms with E-state index in [1.807, 2.05) is 0 Å². The van der Waals surface area contributed by atoms with Crippen LogP contribution in [-0.4, -0.2) is 22.1 Å². The Hall–Kier alpha value is -5.51. The molecule has 1 N–H and O–H groups in total. The van der Waals surface area contributed by atoms with Gasteiger partial charge in [0.1, 0.15) is 5.82 Å². The predicted octanol–water partition coefficient (Wildman–Crippen LogP) is 10.4. The highest BCUT2D eigenvalue weighted by molar-refractivity contribution is 6.31. The number of aromatic nitrogens is 2. The Balaban J connectivity index is 1.10. The molecule has 0 fully saturated rings. The van der Waals surface area contributed by atoms with Gasteiger partial charge in [-0.1, -0.05) is 109 Å². The quantitative estimate of drug-likeness (QED) is 0.158. The van der Waals surface area contributed by atoms with Crippen LogP contribution in [0.4, 0.5) is 0 Å². The molecule has 47 heavy (non-hydrogen) atoms. The van der Waals surface area contributed by atoms with Crippen LogP contribution in [0, 0.1) is 0 Å². The molecule has 1 aliphatic heterocycles. The summed E-state index contributed by atoms with van der Waals surface area (Å²) in [6, 6.07) is 43.1. The van der Waals surface area contributed by atoms with Gasteiger partial charge in [0, 0.05) is 41.3 Å². The molecule has 0 radical (unpaired) electrons. The SMILES string of the molecule is C1=CC2c3c(c4ccccc4n3-c3ccc(-c4ccc5c6c(cccc46)-c4c-5c5ccccc5c5ccccc45)cn3)CCC2NC1. The van der Waals surface area contributed by atoms with E-state index in [0.29, 0.717) is 12.0 Å². The number of nitrogens with zero attached hydrogens (tertiary/aromatic N) is 2. The van der Waals surface area contributed by atoms with Crippen LogP contribution in [0.2, 0.25) is 0 Å². The third-order valence-corrected chi connectivity index (χ3v) is 11.1. The molecular weight excluding hydrogens is 571 g/mol. The molecule has 8 aromatic rings. The minimum Gasteiger partial charge on any atom is -0.310 e. The fourth-order valence-electron chi connectivity index (χ4n) is 9.20. The molecule has 3 heteroatoms. The third kappa shape index (κ3) is 3.42. The Morgan fingerprint density at radius 2 is 1.30 bits per heavy atom. The molecule has 0 spiro atoms. The summed E-state index contributed by atoms with van der Waals surface area (Å²) in [5.74, 6) is 1.34. The molecule has 0 saturated carbocycles. The number of hydrogen-bond donors (Lipinski definition) is 1. The van der Waals surface area contributed by atoms with Gasteiger partial charge >= 0.3 is 0 Å². The zero-order chi connectivity index (χ0) is 30.6. The van der Waals surface area contributed by atoms with E-state index in [1.54, 1.807) is 0 Å². The molecule has 2 atom stereocenters. The van der Waals surface area contributed by atoms with Crippen molar-refractivity contribution in [2.45, 2.75) is 24.8 Å². The van der Waals surface area contributed by atoms with Gasteiger partial charge < -0.3 is 5.32 Å². The monoisotopic (exact) mass is 601 g/mol. The molecule has 0 bridgehead atoms. The van der Waals surface area contributed by atoms with Gasteiger partial charge in [0.15, 0.2) is 0 Å². The molecule has 2 aliphatic carbocycles. The summed E-state index contributed by atoms with van der Waals surface area (Å²) in [6.45, 7) is 0.954. The highest BCUT2D eigenvalue weighted by Crippen LogP contribution is 2.54.